The van der Waals surface area contributed by atoms with E-state index in [-0.39, 0.29) is 0 Å². The number of nitrogens with zero attached hydrogens (tertiary/aromatic N) is 4. The Morgan fingerprint density at radius 1 is 0.316 bits per heavy atom. The lowest BCUT2D eigenvalue weighted by atomic mass is 9.94. The van der Waals surface area contributed by atoms with Gasteiger partial charge in [0.1, 0.15) is 0 Å². The minimum Gasteiger partial charge on any atom is -0.224 e. The van der Waals surface area contributed by atoms with Crippen LogP contribution in [0.3, 0.4) is 0 Å². The first-order valence-corrected chi connectivity index (χ1v) is 12.6. The van der Waals surface area contributed by atoms with Gasteiger partial charge in [0.25, 0.3) is 0 Å². The minimum atomic E-state index is 0.530. The van der Waals surface area contributed by atoms with Crippen molar-refractivity contribution in [3.8, 4) is 44.8 Å². The molecular weight excluding hydrogens is 464 g/mol. The van der Waals surface area contributed by atoms with Crippen molar-refractivity contribution in [2.45, 2.75) is 0 Å². The van der Waals surface area contributed by atoms with Gasteiger partial charge in [-0.1, -0.05) is 121 Å². The van der Waals surface area contributed by atoms with Crippen LogP contribution in [0.1, 0.15) is 0 Å². The highest BCUT2D eigenvalue weighted by atomic mass is 15.0. The second-order valence-electron chi connectivity index (χ2n) is 9.14. The fourth-order valence-corrected chi connectivity index (χ4v) is 4.86. The van der Waals surface area contributed by atoms with E-state index in [1.807, 2.05) is 48.5 Å². The van der Waals surface area contributed by atoms with E-state index in [1.165, 1.54) is 0 Å². The quantitative estimate of drug-likeness (QED) is 0.235. The van der Waals surface area contributed by atoms with Crippen LogP contribution < -0.4 is 0 Å². The lowest BCUT2D eigenvalue weighted by Crippen LogP contribution is -2.00. The molecular formula is C34H22N4. The molecule has 0 fully saturated rings. The molecule has 0 aliphatic heterocycles. The molecule has 7 aromatic rings. The van der Waals surface area contributed by atoms with Gasteiger partial charge in [0.15, 0.2) is 11.3 Å². The molecule has 0 saturated heterocycles. The fraction of sp³-hybridized carbons (Fsp3) is 0. The molecule has 0 atom stereocenters. The van der Waals surface area contributed by atoms with Crippen LogP contribution in [-0.4, -0.2) is 19.9 Å². The highest BCUT2D eigenvalue weighted by molar-refractivity contribution is 5.96. The van der Waals surface area contributed by atoms with Gasteiger partial charge in [0, 0.05) is 11.1 Å². The average Bonchev–Trinajstić information content (AvgIpc) is 3.00. The molecule has 0 bridgehead atoms. The second kappa shape index (κ2) is 9.34. The second-order valence-corrected chi connectivity index (χ2v) is 9.14. The van der Waals surface area contributed by atoms with Gasteiger partial charge in [-0.05, 0) is 34.4 Å². The van der Waals surface area contributed by atoms with Crippen molar-refractivity contribution in [3.63, 3.8) is 0 Å². The summed E-state index contributed by atoms with van der Waals surface area (Å²) < 4.78 is 0. The maximum Gasteiger partial charge on any atom is 0.199 e. The van der Waals surface area contributed by atoms with Crippen molar-refractivity contribution in [2.24, 2.45) is 0 Å². The molecule has 0 unspecified atom stereocenters. The predicted octanol–water partition coefficient (Wildman–Crippen LogP) is 8.24. The lowest BCUT2D eigenvalue weighted by Gasteiger charge is -2.13. The van der Waals surface area contributed by atoms with Crippen molar-refractivity contribution in [2.75, 3.05) is 0 Å². The molecule has 2 heterocycles. The van der Waals surface area contributed by atoms with Gasteiger partial charge in [0.05, 0.1) is 22.4 Å². The number of benzene rings is 5. The summed E-state index contributed by atoms with van der Waals surface area (Å²) in [5, 5.41) is 0. The third kappa shape index (κ3) is 3.98. The average molecular weight is 487 g/mol. The third-order valence-corrected chi connectivity index (χ3v) is 6.69. The number of hydrogen-bond donors (Lipinski definition) is 0. The fourth-order valence-electron chi connectivity index (χ4n) is 4.86. The normalized spacial score (nSPS) is 11.2. The van der Waals surface area contributed by atoms with Crippen molar-refractivity contribution in [1.82, 2.24) is 19.9 Å². The van der Waals surface area contributed by atoms with E-state index >= 15 is 0 Å². The zero-order valence-corrected chi connectivity index (χ0v) is 20.5. The van der Waals surface area contributed by atoms with Gasteiger partial charge in [-0.3, -0.25) is 0 Å². The Kier molecular flexibility index (Phi) is 5.41. The molecule has 178 valence electrons. The van der Waals surface area contributed by atoms with E-state index in [0.717, 1.165) is 55.8 Å². The molecule has 4 heteroatoms. The van der Waals surface area contributed by atoms with Gasteiger partial charge in [-0.25, -0.2) is 19.9 Å². The predicted molar refractivity (Wildman–Crippen MR) is 154 cm³/mol. The summed E-state index contributed by atoms with van der Waals surface area (Å²) in [6, 6.07) is 45.3. The van der Waals surface area contributed by atoms with Crippen molar-refractivity contribution in [3.05, 3.63) is 133 Å². The van der Waals surface area contributed by atoms with Crippen molar-refractivity contribution < 1.29 is 0 Å². The van der Waals surface area contributed by atoms with Gasteiger partial charge in [-0.2, -0.15) is 0 Å². The molecule has 5 aromatic carbocycles. The Bertz CT molecular complexity index is 1610. The standard InChI is InChI=1S/C34H22N4/c1-5-13-23(14-6-1)27-21-29-30(22-28(27)24-15-7-2-8-16-24)36-34-33(35-29)37-31(25-17-9-3-10-18-25)32(38-34)26-19-11-4-12-20-26/h1-22H. The van der Waals surface area contributed by atoms with Crippen LogP contribution in [0.15, 0.2) is 133 Å². The zero-order chi connectivity index (χ0) is 25.3. The Morgan fingerprint density at radius 3 is 0.974 bits per heavy atom. The van der Waals surface area contributed by atoms with Crippen LogP contribution in [-0.2, 0) is 0 Å². The molecule has 7 rings (SSSR count). The van der Waals surface area contributed by atoms with Crippen LogP contribution in [0.25, 0.3) is 67.1 Å². The zero-order valence-electron chi connectivity index (χ0n) is 20.5. The van der Waals surface area contributed by atoms with E-state index < -0.39 is 0 Å². The summed E-state index contributed by atoms with van der Waals surface area (Å²) in [7, 11) is 0. The number of aromatic nitrogens is 4. The first-order chi connectivity index (χ1) is 18.8. The Balaban J connectivity index is 1.51. The monoisotopic (exact) mass is 486 g/mol. The maximum atomic E-state index is 5.02. The van der Waals surface area contributed by atoms with Crippen LogP contribution in [0.4, 0.5) is 0 Å². The van der Waals surface area contributed by atoms with E-state index in [1.54, 1.807) is 0 Å². The highest BCUT2D eigenvalue weighted by Gasteiger charge is 2.17. The number of hydrogen-bond acceptors (Lipinski definition) is 4. The van der Waals surface area contributed by atoms with Gasteiger partial charge < -0.3 is 0 Å². The van der Waals surface area contributed by atoms with E-state index in [4.69, 9.17) is 19.9 Å². The first-order valence-electron chi connectivity index (χ1n) is 12.6. The van der Waals surface area contributed by atoms with Crippen molar-refractivity contribution in [1.29, 1.82) is 0 Å². The Morgan fingerprint density at radius 2 is 0.632 bits per heavy atom. The van der Waals surface area contributed by atoms with Crippen LogP contribution in [0.2, 0.25) is 0 Å². The summed E-state index contributed by atoms with van der Waals surface area (Å²) in [5.41, 5.74) is 10.7. The van der Waals surface area contributed by atoms with Crippen LogP contribution in [0, 0.1) is 0 Å². The van der Waals surface area contributed by atoms with E-state index in [2.05, 4.69) is 84.9 Å². The van der Waals surface area contributed by atoms with Crippen LogP contribution in [0.5, 0.6) is 0 Å². The third-order valence-electron chi connectivity index (χ3n) is 6.69. The van der Waals surface area contributed by atoms with Gasteiger partial charge in [0.2, 0.25) is 0 Å². The largest absolute Gasteiger partial charge is 0.224 e. The molecule has 0 spiro atoms. The van der Waals surface area contributed by atoms with Crippen molar-refractivity contribution >= 4 is 22.3 Å². The molecule has 38 heavy (non-hydrogen) atoms. The number of fused-ring (bicyclic) bond motifs is 2. The summed E-state index contributed by atoms with van der Waals surface area (Å²) in [6.45, 7) is 0. The topological polar surface area (TPSA) is 51.6 Å². The van der Waals surface area contributed by atoms with E-state index in [0.29, 0.717) is 11.3 Å². The lowest BCUT2D eigenvalue weighted by molar-refractivity contribution is 1.20. The minimum absolute atomic E-state index is 0.530. The molecule has 4 nitrogen and oxygen atoms in total. The molecule has 0 aliphatic carbocycles. The summed E-state index contributed by atoms with van der Waals surface area (Å²) in [5.74, 6) is 0. The molecule has 0 N–H and O–H groups in total. The summed E-state index contributed by atoms with van der Waals surface area (Å²) in [6.07, 6.45) is 0. The first kappa shape index (κ1) is 22.0. The molecule has 0 aliphatic rings. The van der Waals surface area contributed by atoms with E-state index in [9.17, 15) is 0 Å². The maximum absolute atomic E-state index is 5.02. The highest BCUT2D eigenvalue weighted by Crippen LogP contribution is 2.36. The molecule has 0 amide bonds. The summed E-state index contributed by atoms with van der Waals surface area (Å²) >= 11 is 0. The Hall–Kier alpha value is -5.22. The molecule has 0 saturated carbocycles. The molecule has 0 radical (unpaired) electrons. The molecule has 2 aromatic heterocycles. The van der Waals surface area contributed by atoms with Crippen LogP contribution >= 0.6 is 0 Å². The van der Waals surface area contributed by atoms with Gasteiger partial charge in [-0.15, -0.1) is 0 Å². The summed E-state index contributed by atoms with van der Waals surface area (Å²) in [4.78, 5) is 20.0. The van der Waals surface area contributed by atoms with Gasteiger partial charge >= 0.3 is 0 Å². The Labute approximate surface area is 220 Å². The SMILES string of the molecule is c1ccc(-c2cc3nc4nc(-c5ccccc5)c(-c5ccccc5)nc4nc3cc2-c2ccccc2)cc1. The number of rotatable bonds is 4. The smallest absolute Gasteiger partial charge is 0.199 e.